The van der Waals surface area contributed by atoms with Crippen molar-refractivity contribution in [1.29, 1.82) is 0 Å². The molecule has 3 N–H and O–H groups in total. The number of rotatable bonds is 6. The highest BCUT2D eigenvalue weighted by molar-refractivity contribution is 7.99. The average molecular weight is 385 g/mol. The van der Waals surface area contributed by atoms with Crippen LogP contribution in [-0.2, 0) is 16.4 Å². The molecule has 1 saturated carbocycles. The number of aromatic nitrogens is 3. The Morgan fingerprint density at radius 3 is 2.50 bits per heavy atom. The Hall–Kier alpha value is -2.23. The molecule has 1 aromatic carbocycles. The summed E-state index contributed by atoms with van der Waals surface area (Å²) in [5.74, 6) is 3.68. The number of benzene rings is 1. The molecule has 0 spiro atoms. The fraction of sp³-hybridized carbons (Fsp3) is 0.438. The van der Waals surface area contributed by atoms with Crippen LogP contribution in [0, 0.1) is 0 Å². The van der Waals surface area contributed by atoms with Crippen molar-refractivity contribution in [2.24, 2.45) is 0 Å². The number of nitrogens with two attached hydrogens (primary N) is 1. The molecule has 1 fully saturated rings. The van der Waals surface area contributed by atoms with Gasteiger partial charge in [-0.2, -0.15) is 13.2 Å². The Labute approximate surface area is 152 Å². The molecule has 0 aliphatic heterocycles. The maximum Gasteiger partial charge on any atom is 0.453 e. The lowest BCUT2D eigenvalue weighted by molar-refractivity contribution is -0.146. The zero-order chi connectivity index (χ0) is 18.8. The van der Waals surface area contributed by atoms with E-state index in [2.05, 4.69) is 27.6 Å². The first-order valence-corrected chi connectivity index (χ1v) is 9.03. The van der Waals surface area contributed by atoms with Gasteiger partial charge >= 0.3 is 6.18 Å². The second kappa shape index (κ2) is 7.18. The number of thioether (sulfide) groups is 1. The Morgan fingerprint density at radius 2 is 1.96 bits per heavy atom. The van der Waals surface area contributed by atoms with E-state index >= 15 is 0 Å². The van der Waals surface area contributed by atoms with Crippen LogP contribution in [0.25, 0.3) is 0 Å². The quantitative estimate of drug-likeness (QED) is 0.589. The number of halogens is 3. The van der Waals surface area contributed by atoms with Crippen molar-refractivity contribution < 1.29 is 18.0 Å². The molecule has 2 aromatic rings. The summed E-state index contributed by atoms with van der Waals surface area (Å²) in [6.45, 7) is 0.500. The van der Waals surface area contributed by atoms with Crippen molar-refractivity contribution in [2.45, 2.75) is 36.0 Å². The summed E-state index contributed by atoms with van der Waals surface area (Å²) < 4.78 is 38.2. The maximum absolute atomic E-state index is 12.6. The Bertz CT molecular complexity index is 774. The van der Waals surface area contributed by atoms with Crippen LogP contribution in [0.4, 0.5) is 13.2 Å². The molecule has 0 saturated heterocycles. The van der Waals surface area contributed by atoms with Gasteiger partial charge in [-0.3, -0.25) is 4.79 Å². The van der Waals surface area contributed by atoms with E-state index in [1.165, 1.54) is 5.56 Å². The van der Waals surface area contributed by atoms with Gasteiger partial charge in [0.15, 0.2) is 0 Å². The Kier molecular flexibility index (Phi) is 5.12. The Balaban J connectivity index is 1.55. The van der Waals surface area contributed by atoms with E-state index in [1.807, 2.05) is 18.2 Å². The van der Waals surface area contributed by atoms with Crippen LogP contribution in [0.5, 0.6) is 0 Å². The molecule has 10 heteroatoms. The van der Waals surface area contributed by atoms with Gasteiger partial charge in [-0.15, -0.1) is 10.2 Å². The number of carbonyl (C=O) groups is 1. The first kappa shape index (κ1) is 18.6. The van der Waals surface area contributed by atoms with Crippen molar-refractivity contribution in [1.82, 2.24) is 20.2 Å². The molecule has 0 bridgehead atoms. The first-order valence-electron chi connectivity index (χ1n) is 8.04. The zero-order valence-electron chi connectivity index (χ0n) is 13.8. The minimum atomic E-state index is -4.69. The molecule has 1 aliphatic rings. The number of amides is 1. The third-order valence-corrected chi connectivity index (χ3v) is 5.51. The predicted molar refractivity (Wildman–Crippen MR) is 90.9 cm³/mol. The molecular weight excluding hydrogens is 367 g/mol. The lowest BCUT2D eigenvalue weighted by atomic mass is 9.64. The van der Waals surface area contributed by atoms with Crippen LogP contribution in [0.15, 0.2) is 35.5 Å². The van der Waals surface area contributed by atoms with Gasteiger partial charge in [0.05, 0.1) is 5.75 Å². The van der Waals surface area contributed by atoms with E-state index in [1.54, 1.807) is 0 Å². The highest BCUT2D eigenvalue weighted by Crippen LogP contribution is 2.43. The van der Waals surface area contributed by atoms with E-state index in [4.69, 9.17) is 5.84 Å². The summed E-state index contributed by atoms with van der Waals surface area (Å²) in [4.78, 5) is 12.1. The van der Waals surface area contributed by atoms with Crippen molar-refractivity contribution in [3.8, 4) is 0 Å². The number of hydrogen-bond donors (Lipinski definition) is 2. The number of nitrogens with one attached hydrogen (secondary N) is 1. The van der Waals surface area contributed by atoms with Crippen LogP contribution in [0.1, 0.15) is 30.7 Å². The summed E-state index contributed by atoms with van der Waals surface area (Å²) in [6.07, 6.45) is -1.59. The highest BCUT2D eigenvalue weighted by atomic mass is 32.2. The predicted octanol–water partition coefficient (Wildman–Crippen LogP) is 2.34. The number of hydrogen-bond acceptors (Lipinski definition) is 5. The summed E-state index contributed by atoms with van der Waals surface area (Å²) in [5, 5.41) is 9.12. The molecule has 0 unspecified atom stereocenters. The van der Waals surface area contributed by atoms with Gasteiger partial charge in [-0.05, 0) is 18.4 Å². The van der Waals surface area contributed by atoms with Crippen LogP contribution in [-0.4, -0.2) is 33.1 Å². The molecular formula is C16H18F3N5OS. The van der Waals surface area contributed by atoms with Gasteiger partial charge in [0.1, 0.15) is 0 Å². The van der Waals surface area contributed by atoms with E-state index in [9.17, 15) is 18.0 Å². The number of alkyl halides is 3. The summed E-state index contributed by atoms with van der Waals surface area (Å²) >= 11 is 0.816. The summed E-state index contributed by atoms with van der Waals surface area (Å²) in [7, 11) is 0. The Morgan fingerprint density at radius 1 is 1.27 bits per heavy atom. The molecule has 3 rings (SSSR count). The standard InChI is InChI=1S/C16H18F3N5OS/c17-16(18,19)13-22-23-14(24(13)20)26-9-12(25)21-10-15(7-4-8-15)11-5-2-1-3-6-11/h1-3,5-6H,4,7-10,20H2,(H,21,25). The summed E-state index contributed by atoms with van der Waals surface area (Å²) in [5.41, 5.74) is 1.13. The van der Waals surface area contributed by atoms with Crippen LogP contribution in [0.2, 0.25) is 0 Å². The normalized spacial score (nSPS) is 16.1. The molecule has 26 heavy (non-hydrogen) atoms. The molecule has 1 heterocycles. The minimum Gasteiger partial charge on any atom is -0.354 e. The third-order valence-electron chi connectivity index (χ3n) is 4.57. The van der Waals surface area contributed by atoms with E-state index < -0.39 is 12.0 Å². The van der Waals surface area contributed by atoms with Crippen molar-refractivity contribution in [3.63, 3.8) is 0 Å². The van der Waals surface area contributed by atoms with Gasteiger partial charge < -0.3 is 11.2 Å². The average Bonchev–Trinajstić information content (AvgIpc) is 2.94. The van der Waals surface area contributed by atoms with Gasteiger partial charge in [0.2, 0.25) is 11.1 Å². The minimum absolute atomic E-state index is 0.0566. The molecule has 0 radical (unpaired) electrons. The lowest BCUT2D eigenvalue weighted by Crippen LogP contribution is -2.46. The number of nitrogen functional groups attached to an aromatic ring is 1. The van der Waals surface area contributed by atoms with Crippen molar-refractivity contribution in [3.05, 3.63) is 41.7 Å². The number of nitrogens with zero attached hydrogens (tertiary/aromatic N) is 3. The van der Waals surface area contributed by atoms with E-state index in [-0.39, 0.29) is 22.2 Å². The van der Waals surface area contributed by atoms with Crippen LogP contribution < -0.4 is 11.2 Å². The SMILES string of the molecule is Nn1c(SCC(=O)NCC2(c3ccccc3)CCC2)nnc1C(F)(F)F. The fourth-order valence-electron chi connectivity index (χ4n) is 2.98. The first-order chi connectivity index (χ1) is 12.3. The second-order valence-electron chi connectivity index (χ2n) is 6.24. The maximum atomic E-state index is 12.6. The number of carbonyl (C=O) groups excluding carboxylic acids is 1. The van der Waals surface area contributed by atoms with Crippen LogP contribution in [0.3, 0.4) is 0 Å². The smallest absolute Gasteiger partial charge is 0.354 e. The molecule has 1 amide bonds. The molecule has 6 nitrogen and oxygen atoms in total. The topological polar surface area (TPSA) is 85.8 Å². The van der Waals surface area contributed by atoms with Crippen molar-refractivity contribution in [2.75, 3.05) is 18.1 Å². The van der Waals surface area contributed by atoms with Gasteiger partial charge in [0, 0.05) is 12.0 Å². The monoisotopic (exact) mass is 385 g/mol. The van der Waals surface area contributed by atoms with Gasteiger partial charge in [-0.1, -0.05) is 48.5 Å². The lowest BCUT2D eigenvalue weighted by Gasteiger charge is -2.42. The van der Waals surface area contributed by atoms with E-state index in [0.717, 1.165) is 31.0 Å². The molecule has 1 aliphatic carbocycles. The third kappa shape index (κ3) is 3.79. The molecule has 140 valence electrons. The highest BCUT2D eigenvalue weighted by Gasteiger charge is 2.39. The summed E-state index contributed by atoms with van der Waals surface area (Å²) in [6, 6.07) is 9.99. The zero-order valence-corrected chi connectivity index (χ0v) is 14.6. The van der Waals surface area contributed by atoms with Gasteiger partial charge in [0.25, 0.3) is 5.82 Å². The fourth-order valence-corrected chi connectivity index (χ4v) is 3.67. The largest absolute Gasteiger partial charge is 0.453 e. The van der Waals surface area contributed by atoms with Crippen molar-refractivity contribution >= 4 is 17.7 Å². The van der Waals surface area contributed by atoms with Gasteiger partial charge in [-0.25, -0.2) is 4.68 Å². The molecule has 1 aromatic heterocycles. The van der Waals surface area contributed by atoms with Crippen LogP contribution >= 0.6 is 11.8 Å². The van der Waals surface area contributed by atoms with E-state index in [0.29, 0.717) is 11.2 Å². The second-order valence-corrected chi connectivity index (χ2v) is 7.18. The molecule has 0 atom stereocenters.